The molecule has 0 N–H and O–H groups in total. The fourth-order valence-corrected chi connectivity index (χ4v) is 1.46. The summed E-state index contributed by atoms with van der Waals surface area (Å²) in [5.41, 5.74) is 4.32. The minimum atomic E-state index is -0.826. The zero-order valence-electron chi connectivity index (χ0n) is 7.35. The second kappa shape index (κ2) is 6.01. The van der Waals surface area contributed by atoms with Gasteiger partial charge in [-0.05, 0) is 30.0 Å². The second-order valence-corrected chi connectivity index (χ2v) is 6.55. The van der Waals surface area contributed by atoms with Crippen molar-refractivity contribution >= 4 is 23.1 Å². The first kappa shape index (κ1) is 11.5. The van der Waals surface area contributed by atoms with E-state index in [4.69, 9.17) is 17.0 Å². The van der Waals surface area contributed by atoms with E-state index >= 15 is 0 Å². The Labute approximate surface area is 97.6 Å². The number of hydrogen-bond donors (Lipinski definition) is 0. The first-order chi connectivity index (χ1) is 6.29. The number of benzene rings is 1. The normalized spacial score (nSPS) is 11.6. The summed E-state index contributed by atoms with van der Waals surface area (Å²) >= 11 is -0.826. The van der Waals surface area contributed by atoms with E-state index < -0.39 is 20.8 Å². The Bertz CT molecular complexity index is 308. The predicted octanol–water partition coefficient (Wildman–Crippen LogP) is 3.94. The second-order valence-electron chi connectivity index (χ2n) is 2.82. The molecule has 1 aromatic rings. The Kier molecular flexibility index (Phi) is 5.32. The van der Waals surface area contributed by atoms with Gasteiger partial charge in [0.1, 0.15) is 0 Å². The first-order valence-electron chi connectivity index (χ1n) is 4.01. The van der Waals surface area contributed by atoms with Crippen molar-refractivity contribution < 1.29 is 20.8 Å². The molecule has 0 aliphatic heterocycles. The quantitative estimate of drug-likeness (QED) is 0.679. The van der Waals surface area contributed by atoms with E-state index in [1.54, 1.807) is 0 Å². The molecule has 1 aliphatic rings. The Morgan fingerprint density at radius 2 is 2.00 bits per heavy atom. The molecule has 68 valence electrons. The zero-order valence-corrected chi connectivity index (χ0v) is 11.3. The van der Waals surface area contributed by atoms with Crippen LogP contribution < -0.4 is 0 Å². The summed E-state index contributed by atoms with van der Waals surface area (Å²) in [5.74, 6) is 0. The number of aryl methyl sites for hydroxylation is 1. The Morgan fingerprint density at radius 1 is 1.31 bits per heavy atom. The van der Waals surface area contributed by atoms with E-state index in [9.17, 15) is 0 Å². The van der Waals surface area contributed by atoms with Crippen LogP contribution in [-0.4, -0.2) is 0 Å². The van der Waals surface area contributed by atoms with E-state index in [1.807, 2.05) is 0 Å². The molecule has 0 saturated carbocycles. The Balaban J connectivity index is 0.000000251. The topological polar surface area (TPSA) is 0 Å². The monoisotopic (exact) mass is 290 g/mol. The maximum atomic E-state index is 4.93. The zero-order chi connectivity index (χ0) is 9.68. The molecule has 0 spiro atoms. The van der Waals surface area contributed by atoms with Crippen LogP contribution >= 0.6 is 17.0 Å². The van der Waals surface area contributed by atoms with Gasteiger partial charge in [-0.1, -0.05) is 30.4 Å². The van der Waals surface area contributed by atoms with Crippen molar-refractivity contribution in [2.75, 3.05) is 0 Å². The maximum absolute atomic E-state index is 4.93. The van der Waals surface area contributed by atoms with Crippen LogP contribution in [0, 0.1) is 6.92 Å². The summed E-state index contributed by atoms with van der Waals surface area (Å²) in [6.45, 7) is 2.17. The fraction of sp³-hybridized carbons (Fsp3) is 0.200. The molecule has 0 unspecified atom stereocenters. The van der Waals surface area contributed by atoms with E-state index in [1.165, 1.54) is 16.7 Å². The molecule has 0 heterocycles. The molecule has 0 fully saturated rings. The summed E-state index contributed by atoms with van der Waals surface area (Å²) in [5, 5.41) is 0. The SMILES string of the molecule is Cc1cccc2c1CC=C2.[Cl][Zr][Cl]. The van der Waals surface area contributed by atoms with Crippen LogP contribution in [0.1, 0.15) is 16.7 Å². The van der Waals surface area contributed by atoms with Crippen molar-refractivity contribution in [1.82, 2.24) is 0 Å². The molecular weight excluding hydrogens is 282 g/mol. The van der Waals surface area contributed by atoms with Crippen LogP contribution in [0.25, 0.3) is 6.08 Å². The summed E-state index contributed by atoms with van der Waals surface area (Å²) in [6.07, 6.45) is 5.54. The molecule has 0 saturated heterocycles. The number of fused-ring (bicyclic) bond motifs is 1. The summed E-state index contributed by atoms with van der Waals surface area (Å²) < 4.78 is 0. The van der Waals surface area contributed by atoms with Crippen molar-refractivity contribution in [3.63, 3.8) is 0 Å². The molecule has 13 heavy (non-hydrogen) atoms. The molecule has 0 atom stereocenters. The molecule has 0 bridgehead atoms. The van der Waals surface area contributed by atoms with Crippen molar-refractivity contribution in [2.45, 2.75) is 13.3 Å². The molecule has 0 nitrogen and oxygen atoms in total. The summed E-state index contributed by atoms with van der Waals surface area (Å²) in [4.78, 5) is 0. The van der Waals surface area contributed by atoms with Gasteiger partial charge in [-0.15, -0.1) is 0 Å². The molecule has 1 aromatic carbocycles. The van der Waals surface area contributed by atoms with Gasteiger partial charge in [-0.3, -0.25) is 0 Å². The van der Waals surface area contributed by atoms with E-state index in [0.717, 1.165) is 6.42 Å². The van der Waals surface area contributed by atoms with Crippen molar-refractivity contribution in [2.24, 2.45) is 0 Å². The number of hydrogen-bond acceptors (Lipinski definition) is 0. The molecule has 3 heteroatoms. The average Bonchev–Trinajstić information content (AvgIpc) is 2.54. The van der Waals surface area contributed by atoms with Crippen molar-refractivity contribution in [3.05, 3.63) is 41.0 Å². The van der Waals surface area contributed by atoms with Gasteiger partial charge >= 0.3 is 37.9 Å². The van der Waals surface area contributed by atoms with E-state index in [2.05, 4.69) is 37.3 Å². The third kappa shape index (κ3) is 3.24. The van der Waals surface area contributed by atoms with Gasteiger partial charge in [0.2, 0.25) is 0 Å². The third-order valence-corrected chi connectivity index (χ3v) is 2.07. The van der Waals surface area contributed by atoms with Gasteiger partial charge in [0, 0.05) is 0 Å². The van der Waals surface area contributed by atoms with Gasteiger partial charge in [0.05, 0.1) is 0 Å². The Morgan fingerprint density at radius 3 is 2.62 bits per heavy atom. The van der Waals surface area contributed by atoms with Gasteiger partial charge < -0.3 is 0 Å². The van der Waals surface area contributed by atoms with Crippen LogP contribution in [0.15, 0.2) is 24.3 Å². The van der Waals surface area contributed by atoms with E-state index in [-0.39, 0.29) is 0 Å². The van der Waals surface area contributed by atoms with Crippen molar-refractivity contribution in [3.8, 4) is 0 Å². The van der Waals surface area contributed by atoms with Gasteiger partial charge in [0.15, 0.2) is 0 Å². The van der Waals surface area contributed by atoms with Gasteiger partial charge in [-0.2, -0.15) is 0 Å². The molecule has 0 aromatic heterocycles. The van der Waals surface area contributed by atoms with Crippen LogP contribution in [-0.2, 0) is 27.3 Å². The number of halogens is 2. The third-order valence-electron chi connectivity index (χ3n) is 2.07. The van der Waals surface area contributed by atoms with Gasteiger partial charge in [0.25, 0.3) is 0 Å². The number of rotatable bonds is 0. The average molecular weight is 292 g/mol. The minimum absolute atomic E-state index is 0.826. The van der Waals surface area contributed by atoms with Gasteiger partial charge in [-0.25, -0.2) is 0 Å². The van der Waals surface area contributed by atoms with E-state index in [0.29, 0.717) is 0 Å². The molecule has 2 rings (SSSR count). The Hall–Kier alpha value is 0.423. The van der Waals surface area contributed by atoms with Crippen molar-refractivity contribution in [1.29, 1.82) is 0 Å². The molecule has 0 amide bonds. The molecule has 1 aliphatic carbocycles. The first-order valence-corrected chi connectivity index (χ1v) is 10.3. The molecular formula is C10H10Cl2Zr. The number of allylic oxidation sites excluding steroid dienone is 1. The fourth-order valence-electron chi connectivity index (χ4n) is 1.46. The van der Waals surface area contributed by atoms with Crippen LogP contribution in [0.4, 0.5) is 0 Å². The molecule has 0 radical (unpaired) electrons. The van der Waals surface area contributed by atoms with Crippen LogP contribution in [0.5, 0.6) is 0 Å². The summed E-state index contributed by atoms with van der Waals surface area (Å²) in [7, 11) is 9.87. The summed E-state index contributed by atoms with van der Waals surface area (Å²) in [6, 6.07) is 6.46. The standard InChI is InChI=1S/C10H10.2ClH.Zr/c1-8-4-2-5-9-6-3-7-10(8)9;;;/h2-6H,7H2,1H3;2*1H;/q;;;+2/p-2. The van der Waals surface area contributed by atoms with Crippen LogP contribution in [0.2, 0.25) is 0 Å². The predicted molar refractivity (Wildman–Crippen MR) is 55.6 cm³/mol. The van der Waals surface area contributed by atoms with Crippen LogP contribution in [0.3, 0.4) is 0 Å².